The Morgan fingerprint density at radius 1 is 1.58 bits per heavy atom. The van der Waals surface area contributed by atoms with E-state index in [9.17, 15) is 4.79 Å². The molecule has 2 aromatic rings. The Labute approximate surface area is 110 Å². The van der Waals surface area contributed by atoms with E-state index in [-0.39, 0.29) is 5.91 Å². The van der Waals surface area contributed by atoms with Gasteiger partial charge in [0.1, 0.15) is 0 Å². The van der Waals surface area contributed by atoms with E-state index in [0.29, 0.717) is 31.2 Å². The lowest BCUT2D eigenvalue weighted by Crippen LogP contribution is -2.16. The fraction of sp³-hybridized carbons (Fsp3) is 0.385. The first-order valence-corrected chi connectivity index (χ1v) is 6.30. The number of amides is 1. The Morgan fingerprint density at radius 2 is 2.47 bits per heavy atom. The molecule has 6 heteroatoms. The fourth-order valence-electron chi connectivity index (χ4n) is 2.14. The summed E-state index contributed by atoms with van der Waals surface area (Å²) in [6.07, 6.45) is 3.14. The number of nitrogens with zero attached hydrogens (tertiary/aromatic N) is 1. The molecule has 0 unspecified atom stereocenters. The molecule has 1 aliphatic rings. The molecule has 0 radical (unpaired) electrons. The molecule has 0 spiro atoms. The van der Waals surface area contributed by atoms with Crippen LogP contribution in [0.15, 0.2) is 16.7 Å². The SMILES string of the molecule is CCc1cc(NC(=O)c2occ3c2CCOC3)n[nH]1. The van der Waals surface area contributed by atoms with Crippen molar-refractivity contribution < 1.29 is 13.9 Å². The Hall–Kier alpha value is -2.08. The van der Waals surface area contributed by atoms with Gasteiger partial charge in [-0.25, -0.2) is 0 Å². The molecule has 0 aromatic carbocycles. The summed E-state index contributed by atoms with van der Waals surface area (Å²) in [6.45, 7) is 3.14. The van der Waals surface area contributed by atoms with Crippen LogP contribution in [0.25, 0.3) is 0 Å². The van der Waals surface area contributed by atoms with E-state index in [1.165, 1.54) is 0 Å². The number of H-pyrrole nitrogens is 1. The Kier molecular flexibility index (Phi) is 3.08. The highest BCUT2D eigenvalue weighted by Crippen LogP contribution is 2.23. The molecular weight excluding hydrogens is 246 g/mol. The second-order valence-electron chi connectivity index (χ2n) is 4.46. The van der Waals surface area contributed by atoms with Crippen LogP contribution in [0.3, 0.4) is 0 Å². The molecule has 0 aliphatic carbocycles. The number of rotatable bonds is 3. The second-order valence-corrected chi connectivity index (χ2v) is 4.46. The number of aromatic amines is 1. The summed E-state index contributed by atoms with van der Waals surface area (Å²) in [4.78, 5) is 12.1. The molecule has 0 atom stereocenters. The second kappa shape index (κ2) is 4.89. The van der Waals surface area contributed by atoms with E-state index < -0.39 is 0 Å². The molecule has 0 fully saturated rings. The number of hydrogen-bond donors (Lipinski definition) is 2. The first-order valence-electron chi connectivity index (χ1n) is 6.30. The fourth-order valence-corrected chi connectivity index (χ4v) is 2.14. The zero-order chi connectivity index (χ0) is 13.2. The van der Waals surface area contributed by atoms with Gasteiger partial charge in [-0.15, -0.1) is 0 Å². The molecule has 100 valence electrons. The summed E-state index contributed by atoms with van der Waals surface area (Å²) in [5, 5.41) is 9.61. The van der Waals surface area contributed by atoms with E-state index in [1.54, 1.807) is 6.26 Å². The van der Waals surface area contributed by atoms with E-state index in [1.807, 2.05) is 13.0 Å². The predicted octanol–water partition coefficient (Wildman–Crippen LogP) is 1.89. The van der Waals surface area contributed by atoms with Gasteiger partial charge in [-0.3, -0.25) is 9.89 Å². The van der Waals surface area contributed by atoms with Crippen molar-refractivity contribution in [1.29, 1.82) is 0 Å². The lowest BCUT2D eigenvalue weighted by molar-refractivity contribution is 0.0988. The van der Waals surface area contributed by atoms with Gasteiger partial charge in [0.2, 0.25) is 0 Å². The Bertz CT molecular complexity index is 600. The van der Waals surface area contributed by atoms with Crippen molar-refractivity contribution >= 4 is 11.7 Å². The van der Waals surface area contributed by atoms with Crippen LogP contribution in [0, 0.1) is 0 Å². The van der Waals surface area contributed by atoms with Crippen LogP contribution in [0.2, 0.25) is 0 Å². The average molecular weight is 261 g/mol. The molecule has 2 N–H and O–H groups in total. The molecule has 1 aliphatic heterocycles. The minimum Gasteiger partial charge on any atom is -0.458 e. The number of nitrogens with one attached hydrogen (secondary N) is 2. The van der Waals surface area contributed by atoms with E-state index >= 15 is 0 Å². The van der Waals surface area contributed by atoms with Crippen molar-refractivity contribution in [2.45, 2.75) is 26.4 Å². The van der Waals surface area contributed by atoms with Crippen molar-refractivity contribution in [2.24, 2.45) is 0 Å². The number of anilines is 1. The lowest BCUT2D eigenvalue weighted by atomic mass is 10.1. The van der Waals surface area contributed by atoms with Crippen LogP contribution in [0.1, 0.15) is 34.3 Å². The number of aromatic nitrogens is 2. The zero-order valence-corrected chi connectivity index (χ0v) is 10.7. The number of ether oxygens (including phenoxy) is 1. The summed E-state index contributed by atoms with van der Waals surface area (Å²) in [6, 6.07) is 1.82. The molecule has 3 rings (SSSR count). The van der Waals surface area contributed by atoms with Crippen molar-refractivity contribution in [3.8, 4) is 0 Å². The van der Waals surface area contributed by atoms with Gasteiger partial charge < -0.3 is 14.5 Å². The molecule has 3 heterocycles. The monoisotopic (exact) mass is 261 g/mol. The maximum Gasteiger partial charge on any atom is 0.292 e. The maximum atomic E-state index is 12.1. The minimum atomic E-state index is -0.266. The van der Waals surface area contributed by atoms with Gasteiger partial charge in [0.25, 0.3) is 5.91 Å². The zero-order valence-electron chi connectivity index (χ0n) is 10.7. The van der Waals surface area contributed by atoms with Crippen LogP contribution in [-0.2, 0) is 24.2 Å². The topological polar surface area (TPSA) is 80.2 Å². The van der Waals surface area contributed by atoms with Gasteiger partial charge >= 0.3 is 0 Å². The summed E-state index contributed by atoms with van der Waals surface area (Å²) in [5.74, 6) is 0.607. The van der Waals surface area contributed by atoms with Crippen molar-refractivity contribution in [3.05, 3.63) is 34.9 Å². The maximum absolute atomic E-state index is 12.1. The first-order chi connectivity index (χ1) is 9.28. The molecule has 2 aromatic heterocycles. The molecular formula is C13H15N3O3. The summed E-state index contributed by atoms with van der Waals surface area (Å²) >= 11 is 0. The normalized spacial score (nSPS) is 14.2. The van der Waals surface area contributed by atoms with Crippen LogP contribution in [-0.4, -0.2) is 22.7 Å². The number of furan rings is 1. The highest BCUT2D eigenvalue weighted by Gasteiger charge is 2.23. The number of hydrogen-bond acceptors (Lipinski definition) is 4. The van der Waals surface area contributed by atoms with Crippen LogP contribution >= 0.6 is 0 Å². The summed E-state index contributed by atoms with van der Waals surface area (Å²) in [7, 11) is 0. The lowest BCUT2D eigenvalue weighted by Gasteiger charge is -2.11. The van der Waals surface area contributed by atoms with Crippen LogP contribution in [0.4, 0.5) is 5.82 Å². The highest BCUT2D eigenvalue weighted by atomic mass is 16.5. The third kappa shape index (κ3) is 2.26. The molecule has 0 bridgehead atoms. The molecule has 0 saturated heterocycles. The quantitative estimate of drug-likeness (QED) is 0.884. The van der Waals surface area contributed by atoms with Gasteiger partial charge in [-0.05, 0) is 6.42 Å². The van der Waals surface area contributed by atoms with E-state index in [4.69, 9.17) is 9.15 Å². The molecule has 1 amide bonds. The smallest absolute Gasteiger partial charge is 0.292 e. The Morgan fingerprint density at radius 3 is 3.26 bits per heavy atom. The van der Waals surface area contributed by atoms with Gasteiger partial charge in [0.05, 0.1) is 19.5 Å². The minimum absolute atomic E-state index is 0.266. The standard InChI is InChI=1S/C13H15N3O3/c1-2-9-5-11(16-15-9)14-13(17)12-10-3-4-18-6-8(10)7-19-12/h5,7H,2-4,6H2,1H3,(H2,14,15,16,17). The molecule has 0 saturated carbocycles. The summed E-state index contributed by atoms with van der Waals surface area (Å²) in [5.41, 5.74) is 2.87. The van der Waals surface area contributed by atoms with Crippen molar-refractivity contribution in [1.82, 2.24) is 10.2 Å². The predicted molar refractivity (Wildman–Crippen MR) is 68.0 cm³/mol. The number of carbonyl (C=O) groups excluding carboxylic acids is 1. The molecule has 19 heavy (non-hydrogen) atoms. The van der Waals surface area contributed by atoms with Gasteiger partial charge in [-0.1, -0.05) is 6.92 Å². The van der Waals surface area contributed by atoms with Crippen LogP contribution in [0.5, 0.6) is 0 Å². The number of aryl methyl sites for hydroxylation is 1. The Balaban J connectivity index is 1.78. The van der Waals surface area contributed by atoms with Crippen molar-refractivity contribution in [3.63, 3.8) is 0 Å². The third-order valence-corrected chi connectivity index (χ3v) is 3.19. The van der Waals surface area contributed by atoms with Crippen LogP contribution < -0.4 is 5.32 Å². The molecule has 6 nitrogen and oxygen atoms in total. The highest BCUT2D eigenvalue weighted by molar-refractivity contribution is 6.03. The average Bonchev–Trinajstić information content (AvgIpc) is 3.04. The third-order valence-electron chi connectivity index (χ3n) is 3.19. The number of fused-ring (bicyclic) bond motifs is 1. The van der Waals surface area contributed by atoms with Gasteiger partial charge in [0, 0.05) is 29.3 Å². The summed E-state index contributed by atoms with van der Waals surface area (Å²) < 4.78 is 10.7. The first kappa shape index (κ1) is 12.0. The van der Waals surface area contributed by atoms with Gasteiger partial charge in [-0.2, -0.15) is 5.10 Å². The van der Waals surface area contributed by atoms with Crippen molar-refractivity contribution in [2.75, 3.05) is 11.9 Å². The van der Waals surface area contributed by atoms with E-state index in [2.05, 4.69) is 15.5 Å². The number of carbonyl (C=O) groups is 1. The van der Waals surface area contributed by atoms with Gasteiger partial charge in [0.15, 0.2) is 11.6 Å². The van der Waals surface area contributed by atoms with E-state index in [0.717, 1.165) is 23.2 Å². The largest absolute Gasteiger partial charge is 0.458 e.